The van der Waals surface area contributed by atoms with Gasteiger partial charge in [0.1, 0.15) is 0 Å². The maximum absolute atomic E-state index is 12.1. The highest BCUT2D eigenvalue weighted by molar-refractivity contribution is 5.72. The monoisotopic (exact) mass is 516 g/mol. The Morgan fingerprint density at radius 1 is 0.583 bits per heavy atom. The number of hydrogen-bond donors (Lipinski definition) is 0. The molecule has 0 heterocycles. The molecule has 6 nitrogen and oxygen atoms in total. The smallest absolute Gasteiger partial charge is 0.309 e. The van der Waals surface area contributed by atoms with E-state index in [1.165, 1.54) is 45.4 Å². The minimum Gasteiger partial charge on any atom is -0.466 e. The summed E-state index contributed by atoms with van der Waals surface area (Å²) in [6, 6.07) is 0. The van der Waals surface area contributed by atoms with Crippen LogP contribution in [0.2, 0.25) is 0 Å². The standard InChI is InChI=1S/C16H32O2.C10H20O2.C4H8O2/c1-5-9-10-11-13-15(16(17)18-8-4)14(7-3)12-6-2;1-3-5-6-7-8-9-10(11)12-4-2;1-3-6-4(2)5/h14-15H,5-13H2,1-4H3;3-9H2,1-2H3;3H2,1-2H3. The number of esters is 3. The van der Waals surface area contributed by atoms with Crippen LogP contribution in [-0.4, -0.2) is 37.7 Å². The summed E-state index contributed by atoms with van der Waals surface area (Å²) in [5, 5.41) is 0. The first kappa shape index (κ1) is 38.9. The summed E-state index contributed by atoms with van der Waals surface area (Å²) >= 11 is 0. The summed E-state index contributed by atoms with van der Waals surface area (Å²) in [6.45, 7) is 17.2. The Morgan fingerprint density at radius 3 is 1.53 bits per heavy atom. The number of ether oxygens (including phenoxy) is 3. The summed E-state index contributed by atoms with van der Waals surface area (Å²) in [7, 11) is 0. The molecule has 36 heavy (non-hydrogen) atoms. The van der Waals surface area contributed by atoms with Crippen molar-refractivity contribution < 1.29 is 28.6 Å². The molecule has 0 aliphatic carbocycles. The molecular formula is C30H60O6. The number of carbonyl (C=O) groups is 3. The molecule has 0 aliphatic rings. The van der Waals surface area contributed by atoms with E-state index in [0.29, 0.717) is 32.2 Å². The van der Waals surface area contributed by atoms with Crippen LogP contribution in [0.4, 0.5) is 0 Å². The topological polar surface area (TPSA) is 78.9 Å². The second kappa shape index (κ2) is 31.4. The van der Waals surface area contributed by atoms with Gasteiger partial charge in [-0.25, -0.2) is 0 Å². The Balaban J connectivity index is -0.000000518. The zero-order valence-corrected chi connectivity index (χ0v) is 25.1. The molecule has 2 unspecified atom stereocenters. The van der Waals surface area contributed by atoms with Crippen molar-refractivity contribution in [3.8, 4) is 0 Å². The van der Waals surface area contributed by atoms with Crippen LogP contribution in [0.1, 0.15) is 145 Å². The summed E-state index contributed by atoms with van der Waals surface area (Å²) in [6.07, 6.45) is 15.9. The number of carbonyl (C=O) groups excluding carboxylic acids is 3. The van der Waals surface area contributed by atoms with Crippen LogP contribution >= 0.6 is 0 Å². The Hall–Kier alpha value is -1.59. The van der Waals surface area contributed by atoms with Gasteiger partial charge in [0.15, 0.2) is 0 Å². The van der Waals surface area contributed by atoms with Gasteiger partial charge in [0.05, 0.1) is 25.7 Å². The van der Waals surface area contributed by atoms with Gasteiger partial charge in [0.2, 0.25) is 0 Å². The molecule has 0 N–H and O–H groups in total. The summed E-state index contributed by atoms with van der Waals surface area (Å²) in [5.41, 5.74) is 0. The number of rotatable bonds is 19. The van der Waals surface area contributed by atoms with Crippen LogP contribution in [0, 0.1) is 11.8 Å². The van der Waals surface area contributed by atoms with E-state index in [4.69, 9.17) is 9.47 Å². The fourth-order valence-electron chi connectivity index (χ4n) is 3.96. The van der Waals surface area contributed by atoms with Crippen molar-refractivity contribution in [2.45, 2.75) is 145 Å². The summed E-state index contributed by atoms with van der Waals surface area (Å²) in [4.78, 5) is 32.7. The molecule has 216 valence electrons. The summed E-state index contributed by atoms with van der Waals surface area (Å²) < 4.78 is 14.5. The van der Waals surface area contributed by atoms with Crippen LogP contribution in [0.25, 0.3) is 0 Å². The Kier molecular flexibility index (Phi) is 34.0. The molecule has 0 aromatic rings. The molecular weight excluding hydrogens is 456 g/mol. The Labute approximate surface area is 223 Å². The van der Waals surface area contributed by atoms with Crippen molar-refractivity contribution in [3.63, 3.8) is 0 Å². The lowest BCUT2D eigenvalue weighted by Crippen LogP contribution is -2.26. The van der Waals surface area contributed by atoms with E-state index in [1.807, 2.05) is 13.8 Å². The molecule has 0 saturated carbocycles. The number of unbranched alkanes of at least 4 members (excludes halogenated alkanes) is 7. The molecule has 0 aromatic heterocycles. The highest BCUT2D eigenvalue weighted by Crippen LogP contribution is 2.27. The van der Waals surface area contributed by atoms with Crippen LogP contribution in [0.15, 0.2) is 0 Å². The van der Waals surface area contributed by atoms with Gasteiger partial charge in [0.25, 0.3) is 0 Å². The predicted octanol–water partition coefficient (Wildman–Crippen LogP) is 8.44. The van der Waals surface area contributed by atoms with Crippen LogP contribution in [-0.2, 0) is 28.6 Å². The van der Waals surface area contributed by atoms with Crippen molar-refractivity contribution in [1.29, 1.82) is 0 Å². The first-order chi connectivity index (χ1) is 17.3. The zero-order chi connectivity index (χ0) is 28.0. The maximum Gasteiger partial charge on any atom is 0.309 e. The fourth-order valence-corrected chi connectivity index (χ4v) is 3.96. The minimum atomic E-state index is -0.211. The highest BCUT2D eigenvalue weighted by atomic mass is 16.5. The van der Waals surface area contributed by atoms with Crippen molar-refractivity contribution in [2.24, 2.45) is 11.8 Å². The van der Waals surface area contributed by atoms with Gasteiger partial charge in [-0.1, -0.05) is 91.9 Å². The van der Waals surface area contributed by atoms with E-state index in [9.17, 15) is 14.4 Å². The van der Waals surface area contributed by atoms with E-state index in [2.05, 4.69) is 32.4 Å². The molecule has 0 aromatic carbocycles. The maximum atomic E-state index is 12.1. The molecule has 0 rings (SSSR count). The van der Waals surface area contributed by atoms with E-state index in [-0.39, 0.29) is 23.8 Å². The molecule has 0 saturated heterocycles. The van der Waals surface area contributed by atoms with Crippen LogP contribution in [0.3, 0.4) is 0 Å². The predicted molar refractivity (Wildman–Crippen MR) is 150 cm³/mol. The zero-order valence-electron chi connectivity index (χ0n) is 25.1. The molecule has 6 heteroatoms. The quantitative estimate of drug-likeness (QED) is 0.0973. The number of hydrogen-bond acceptors (Lipinski definition) is 6. The molecule has 0 aliphatic heterocycles. The average molecular weight is 517 g/mol. The van der Waals surface area contributed by atoms with Crippen molar-refractivity contribution in [2.75, 3.05) is 19.8 Å². The van der Waals surface area contributed by atoms with Crippen LogP contribution < -0.4 is 0 Å². The van der Waals surface area contributed by atoms with E-state index >= 15 is 0 Å². The molecule has 2 atom stereocenters. The van der Waals surface area contributed by atoms with Crippen LogP contribution in [0.5, 0.6) is 0 Å². The van der Waals surface area contributed by atoms with Crippen molar-refractivity contribution >= 4 is 17.9 Å². The Morgan fingerprint density at radius 2 is 1.11 bits per heavy atom. The molecule has 0 radical (unpaired) electrons. The molecule has 0 amide bonds. The first-order valence-corrected chi connectivity index (χ1v) is 14.7. The van der Waals surface area contributed by atoms with Crippen molar-refractivity contribution in [1.82, 2.24) is 0 Å². The SMILES string of the molecule is CCCCCCC(C(=O)OCC)C(CC)CCC.CCCCCCCC(=O)OCC.CCOC(C)=O. The van der Waals surface area contributed by atoms with E-state index in [1.54, 1.807) is 6.92 Å². The normalized spacial score (nSPS) is 11.7. The lowest BCUT2D eigenvalue weighted by molar-refractivity contribution is -0.150. The molecule has 0 spiro atoms. The van der Waals surface area contributed by atoms with Gasteiger partial charge in [0, 0.05) is 13.3 Å². The highest BCUT2D eigenvalue weighted by Gasteiger charge is 2.27. The minimum absolute atomic E-state index is 0.0364. The first-order valence-electron chi connectivity index (χ1n) is 14.7. The van der Waals surface area contributed by atoms with Gasteiger partial charge in [-0.2, -0.15) is 0 Å². The third kappa shape index (κ3) is 28.6. The third-order valence-electron chi connectivity index (χ3n) is 5.85. The van der Waals surface area contributed by atoms with Crippen molar-refractivity contribution in [3.05, 3.63) is 0 Å². The second-order valence-electron chi connectivity index (χ2n) is 9.06. The van der Waals surface area contributed by atoms with Gasteiger partial charge in [-0.05, 0) is 46.0 Å². The average Bonchev–Trinajstić information content (AvgIpc) is 2.84. The fraction of sp³-hybridized carbons (Fsp3) is 0.900. The lowest BCUT2D eigenvalue weighted by Gasteiger charge is -2.24. The molecule has 0 fully saturated rings. The Bertz CT molecular complexity index is 492. The summed E-state index contributed by atoms with van der Waals surface area (Å²) in [5.74, 6) is 0.420. The van der Waals surface area contributed by atoms with E-state index < -0.39 is 0 Å². The van der Waals surface area contributed by atoms with Gasteiger partial charge in [-0.15, -0.1) is 0 Å². The van der Waals surface area contributed by atoms with E-state index in [0.717, 1.165) is 44.9 Å². The van der Waals surface area contributed by atoms with Gasteiger partial charge >= 0.3 is 17.9 Å². The van der Waals surface area contributed by atoms with Gasteiger partial charge < -0.3 is 14.2 Å². The van der Waals surface area contributed by atoms with Gasteiger partial charge in [-0.3, -0.25) is 14.4 Å². The molecule has 0 bridgehead atoms. The lowest BCUT2D eigenvalue weighted by atomic mass is 9.83. The third-order valence-corrected chi connectivity index (χ3v) is 5.85. The largest absolute Gasteiger partial charge is 0.466 e. The second-order valence-corrected chi connectivity index (χ2v) is 9.06.